The number of hydrogen-bond donors (Lipinski definition) is 1. The van der Waals surface area contributed by atoms with Crippen LogP contribution in [0.25, 0.3) is 0 Å². The first kappa shape index (κ1) is 8.57. The fourth-order valence-corrected chi connectivity index (χ4v) is 1.77. The summed E-state index contributed by atoms with van der Waals surface area (Å²) in [6.07, 6.45) is 0.746. The van der Waals surface area contributed by atoms with Crippen molar-refractivity contribution < 1.29 is 9.90 Å². The SMILES string of the molecule is O=C(O)[C@H]1C[C@@H]1c1cccc(Cl)c1. The Bertz CT molecular complexity index is 349. The standard InChI is InChI=1S/C10H9ClO2/c11-7-3-1-2-6(4-7)8-5-9(8)10(12)13/h1-4,8-9H,5H2,(H,12,13)/t8-,9+/m1/s1. The van der Waals surface area contributed by atoms with Crippen LogP contribution in [0.1, 0.15) is 17.9 Å². The minimum Gasteiger partial charge on any atom is -0.481 e. The number of halogens is 1. The molecule has 0 aliphatic heterocycles. The maximum absolute atomic E-state index is 10.6. The second kappa shape index (κ2) is 3.04. The van der Waals surface area contributed by atoms with Gasteiger partial charge in [0, 0.05) is 5.02 Å². The molecule has 1 fully saturated rings. The normalized spacial score (nSPS) is 25.6. The van der Waals surface area contributed by atoms with Gasteiger partial charge in [0.1, 0.15) is 0 Å². The summed E-state index contributed by atoms with van der Waals surface area (Å²) < 4.78 is 0. The summed E-state index contributed by atoms with van der Waals surface area (Å²) in [6.45, 7) is 0. The summed E-state index contributed by atoms with van der Waals surface area (Å²) in [7, 11) is 0. The predicted molar refractivity (Wildman–Crippen MR) is 49.9 cm³/mol. The lowest BCUT2D eigenvalue weighted by atomic mass is 10.1. The molecule has 68 valence electrons. The molecule has 0 aromatic heterocycles. The smallest absolute Gasteiger partial charge is 0.307 e. The molecule has 13 heavy (non-hydrogen) atoms. The number of carbonyl (C=O) groups is 1. The highest BCUT2D eigenvalue weighted by atomic mass is 35.5. The largest absolute Gasteiger partial charge is 0.481 e. The Morgan fingerprint density at radius 3 is 2.85 bits per heavy atom. The summed E-state index contributed by atoms with van der Waals surface area (Å²) in [5, 5.41) is 9.40. The van der Waals surface area contributed by atoms with E-state index in [1.54, 1.807) is 6.07 Å². The van der Waals surface area contributed by atoms with Gasteiger partial charge in [0.15, 0.2) is 0 Å². The summed E-state index contributed by atoms with van der Waals surface area (Å²) in [6, 6.07) is 7.42. The molecule has 2 atom stereocenters. The molecule has 3 heteroatoms. The third-order valence-electron chi connectivity index (χ3n) is 2.38. The summed E-state index contributed by atoms with van der Waals surface area (Å²) in [5.74, 6) is -0.723. The van der Waals surface area contributed by atoms with Gasteiger partial charge in [-0.3, -0.25) is 4.79 Å². The van der Waals surface area contributed by atoms with E-state index in [4.69, 9.17) is 16.7 Å². The first-order valence-corrected chi connectivity index (χ1v) is 4.54. The highest BCUT2D eigenvalue weighted by Gasteiger charge is 2.44. The molecule has 1 N–H and O–H groups in total. The lowest BCUT2D eigenvalue weighted by Gasteiger charge is -1.98. The van der Waals surface area contributed by atoms with E-state index in [0.29, 0.717) is 5.02 Å². The molecule has 2 nitrogen and oxygen atoms in total. The summed E-state index contributed by atoms with van der Waals surface area (Å²) >= 11 is 5.80. The predicted octanol–water partition coefficient (Wildman–Crippen LogP) is 2.53. The van der Waals surface area contributed by atoms with E-state index in [2.05, 4.69) is 0 Å². The molecule has 1 aromatic rings. The zero-order chi connectivity index (χ0) is 9.42. The maximum Gasteiger partial charge on any atom is 0.307 e. The second-order valence-electron chi connectivity index (χ2n) is 3.34. The van der Waals surface area contributed by atoms with E-state index in [9.17, 15) is 4.79 Å². The van der Waals surface area contributed by atoms with Gasteiger partial charge < -0.3 is 5.11 Å². The van der Waals surface area contributed by atoms with E-state index in [-0.39, 0.29) is 11.8 Å². The van der Waals surface area contributed by atoms with Crippen LogP contribution in [0.3, 0.4) is 0 Å². The topological polar surface area (TPSA) is 37.3 Å². The molecule has 1 saturated carbocycles. The number of carboxylic acid groups (broad SMARTS) is 1. The van der Waals surface area contributed by atoms with Crippen LogP contribution < -0.4 is 0 Å². The quantitative estimate of drug-likeness (QED) is 0.789. The Labute approximate surface area is 81.1 Å². The Balaban J connectivity index is 2.16. The van der Waals surface area contributed by atoms with Crippen LogP contribution in [0.5, 0.6) is 0 Å². The number of hydrogen-bond acceptors (Lipinski definition) is 1. The molecule has 0 heterocycles. The van der Waals surface area contributed by atoms with Crippen molar-refractivity contribution in [2.75, 3.05) is 0 Å². The Morgan fingerprint density at radius 1 is 1.54 bits per heavy atom. The molecule has 1 aromatic carbocycles. The van der Waals surface area contributed by atoms with Gasteiger partial charge in [-0.25, -0.2) is 0 Å². The van der Waals surface area contributed by atoms with E-state index in [1.807, 2.05) is 18.2 Å². The van der Waals surface area contributed by atoms with Gasteiger partial charge in [-0.15, -0.1) is 0 Å². The van der Waals surface area contributed by atoms with Gasteiger partial charge in [0.25, 0.3) is 0 Å². The van der Waals surface area contributed by atoms with Gasteiger partial charge in [-0.05, 0) is 30.0 Å². The zero-order valence-corrected chi connectivity index (χ0v) is 7.66. The Morgan fingerprint density at radius 2 is 2.31 bits per heavy atom. The van der Waals surface area contributed by atoms with Crippen molar-refractivity contribution in [1.29, 1.82) is 0 Å². The lowest BCUT2D eigenvalue weighted by molar-refractivity contribution is -0.138. The monoisotopic (exact) mass is 196 g/mol. The van der Waals surface area contributed by atoms with Gasteiger partial charge in [0.2, 0.25) is 0 Å². The van der Waals surface area contributed by atoms with Crippen molar-refractivity contribution in [1.82, 2.24) is 0 Å². The molecule has 0 amide bonds. The molecule has 0 radical (unpaired) electrons. The van der Waals surface area contributed by atoms with Crippen LogP contribution >= 0.6 is 11.6 Å². The van der Waals surface area contributed by atoms with Crippen LogP contribution in [0, 0.1) is 5.92 Å². The maximum atomic E-state index is 10.6. The summed E-state index contributed by atoms with van der Waals surface area (Å²) in [5.41, 5.74) is 1.04. The number of aliphatic carboxylic acids is 1. The molecule has 2 rings (SSSR count). The molecule has 0 unspecified atom stereocenters. The number of carboxylic acids is 1. The number of benzene rings is 1. The third kappa shape index (κ3) is 1.68. The third-order valence-corrected chi connectivity index (χ3v) is 2.62. The fourth-order valence-electron chi connectivity index (χ4n) is 1.57. The molecule has 1 aliphatic carbocycles. The van der Waals surface area contributed by atoms with Crippen LogP contribution in [-0.4, -0.2) is 11.1 Å². The van der Waals surface area contributed by atoms with Crippen molar-refractivity contribution in [3.05, 3.63) is 34.9 Å². The average molecular weight is 197 g/mol. The van der Waals surface area contributed by atoms with Gasteiger partial charge in [-0.1, -0.05) is 23.7 Å². The minimum atomic E-state index is -0.704. The van der Waals surface area contributed by atoms with Gasteiger partial charge in [-0.2, -0.15) is 0 Å². The van der Waals surface area contributed by atoms with Crippen molar-refractivity contribution in [3.8, 4) is 0 Å². The van der Waals surface area contributed by atoms with Crippen LogP contribution in [0.15, 0.2) is 24.3 Å². The van der Waals surface area contributed by atoms with Gasteiger partial charge >= 0.3 is 5.97 Å². The van der Waals surface area contributed by atoms with Crippen molar-refractivity contribution in [2.24, 2.45) is 5.92 Å². The summed E-state index contributed by atoms with van der Waals surface area (Å²) in [4.78, 5) is 10.6. The molecule has 0 saturated heterocycles. The minimum absolute atomic E-state index is 0.177. The van der Waals surface area contributed by atoms with Crippen molar-refractivity contribution in [2.45, 2.75) is 12.3 Å². The van der Waals surface area contributed by atoms with Crippen LogP contribution in [0.4, 0.5) is 0 Å². The van der Waals surface area contributed by atoms with Crippen LogP contribution in [-0.2, 0) is 4.79 Å². The molecule has 1 aliphatic rings. The molecular formula is C10H9ClO2. The van der Waals surface area contributed by atoms with Crippen LogP contribution in [0.2, 0.25) is 5.02 Å². The second-order valence-corrected chi connectivity index (χ2v) is 3.78. The van der Waals surface area contributed by atoms with E-state index in [1.165, 1.54) is 0 Å². The zero-order valence-electron chi connectivity index (χ0n) is 6.90. The Hall–Kier alpha value is -1.02. The van der Waals surface area contributed by atoms with Gasteiger partial charge in [0.05, 0.1) is 5.92 Å². The first-order chi connectivity index (χ1) is 6.18. The number of rotatable bonds is 2. The van der Waals surface area contributed by atoms with E-state index >= 15 is 0 Å². The molecule has 0 spiro atoms. The Kier molecular flexibility index (Phi) is 2.00. The highest BCUT2D eigenvalue weighted by molar-refractivity contribution is 6.30. The van der Waals surface area contributed by atoms with Crippen molar-refractivity contribution >= 4 is 17.6 Å². The lowest BCUT2D eigenvalue weighted by Crippen LogP contribution is -1.98. The fraction of sp³-hybridized carbons (Fsp3) is 0.300. The van der Waals surface area contributed by atoms with E-state index < -0.39 is 5.97 Å². The van der Waals surface area contributed by atoms with Crippen molar-refractivity contribution in [3.63, 3.8) is 0 Å². The highest BCUT2D eigenvalue weighted by Crippen LogP contribution is 2.47. The first-order valence-electron chi connectivity index (χ1n) is 4.17. The van der Waals surface area contributed by atoms with E-state index in [0.717, 1.165) is 12.0 Å². The average Bonchev–Trinajstić information content (AvgIpc) is 2.82. The molecule has 0 bridgehead atoms. The molecular weight excluding hydrogens is 188 g/mol.